The summed E-state index contributed by atoms with van der Waals surface area (Å²) in [6, 6.07) is 7.73. The van der Waals surface area contributed by atoms with E-state index in [0.717, 1.165) is 12.1 Å². The molecule has 44 heavy (non-hydrogen) atoms. The number of benzene rings is 2. The van der Waals surface area contributed by atoms with Gasteiger partial charge in [-0.3, -0.25) is 0 Å². The molecule has 0 fully saturated rings. The first-order valence-corrected chi connectivity index (χ1v) is 12.7. The Morgan fingerprint density at radius 1 is 0.886 bits per heavy atom. The largest absolute Gasteiger partial charge is 0.464 e. The van der Waals surface area contributed by atoms with E-state index in [-0.39, 0.29) is 54.3 Å². The third-order valence-electron chi connectivity index (χ3n) is 6.33. The maximum absolute atomic E-state index is 14.3. The Balaban J connectivity index is 1.54. The summed E-state index contributed by atoms with van der Waals surface area (Å²) in [6.07, 6.45) is -7.50. The number of hydrogen-bond acceptors (Lipinski definition) is 8. The van der Waals surface area contributed by atoms with Gasteiger partial charge in [0.2, 0.25) is 0 Å². The van der Waals surface area contributed by atoms with Crippen LogP contribution in [0.2, 0.25) is 0 Å². The van der Waals surface area contributed by atoms with E-state index in [1.807, 2.05) is 0 Å². The highest BCUT2D eigenvalue weighted by molar-refractivity contribution is 5.78. The predicted octanol–water partition coefficient (Wildman–Crippen LogP) is 5.59. The molecule has 0 bridgehead atoms. The molecule has 1 aromatic heterocycles. The molecule has 0 aliphatic carbocycles. The maximum atomic E-state index is 14.3. The second kappa shape index (κ2) is 11.9. The van der Waals surface area contributed by atoms with Crippen LogP contribution in [0, 0.1) is 5.82 Å². The zero-order chi connectivity index (χ0) is 31.6. The van der Waals surface area contributed by atoms with Crippen LogP contribution in [0.1, 0.15) is 29.3 Å². The smallest absolute Gasteiger partial charge is 0.417 e. The van der Waals surface area contributed by atoms with Crippen molar-refractivity contribution < 1.29 is 45.4 Å². The lowest BCUT2D eigenvalue weighted by atomic mass is 10.00. The van der Waals surface area contributed by atoms with Gasteiger partial charge in [0.05, 0.1) is 41.0 Å². The van der Waals surface area contributed by atoms with E-state index in [4.69, 9.17) is 9.84 Å². The molecule has 3 heterocycles. The Labute approximate surface area is 243 Å². The summed E-state index contributed by atoms with van der Waals surface area (Å²) < 4.78 is 101. The molecule has 5 rings (SSSR count). The molecule has 0 saturated carbocycles. The molecule has 228 valence electrons. The van der Waals surface area contributed by atoms with Crippen molar-refractivity contribution in [3.8, 4) is 34.2 Å². The van der Waals surface area contributed by atoms with Crippen LogP contribution in [0.5, 0.6) is 0 Å². The monoisotopic (exact) mass is 620 g/mol. The first-order chi connectivity index (χ1) is 20.9. The highest BCUT2D eigenvalue weighted by Gasteiger charge is 2.39. The van der Waals surface area contributed by atoms with Gasteiger partial charge in [-0.25, -0.2) is 24.1 Å². The van der Waals surface area contributed by atoms with Gasteiger partial charge in [-0.15, -0.1) is 0 Å². The van der Waals surface area contributed by atoms with Gasteiger partial charge in [-0.1, -0.05) is 18.2 Å². The third-order valence-corrected chi connectivity index (χ3v) is 6.33. The van der Waals surface area contributed by atoms with Gasteiger partial charge in [0.25, 0.3) is 0 Å². The molecule has 0 saturated heterocycles. The zero-order valence-corrected chi connectivity index (χ0v) is 22.1. The number of alkyl halides is 6. The molecule has 0 amide bonds. The number of hydrogen-bond donors (Lipinski definition) is 1. The Bertz CT molecular complexity index is 1760. The number of aliphatic hydroxyl groups excluding tert-OH is 1. The molecule has 1 N–H and O–H groups in total. The van der Waals surface area contributed by atoms with Crippen molar-refractivity contribution in [2.75, 3.05) is 13.2 Å². The lowest BCUT2D eigenvalue weighted by Gasteiger charge is -2.19. The average Bonchev–Trinajstić information content (AvgIpc) is 3.40. The number of nitrogens with zero attached hydrogens (tertiary/aromatic N) is 6. The summed E-state index contributed by atoms with van der Waals surface area (Å²) in [5, 5.41) is 16.7. The van der Waals surface area contributed by atoms with E-state index in [0.29, 0.717) is 12.1 Å². The predicted molar refractivity (Wildman–Crippen MR) is 138 cm³/mol. The fourth-order valence-electron chi connectivity index (χ4n) is 4.25. The fourth-order valence-corrected chi connectivity index (χ4v) is 4.25. The number of halogens is 7. The minimum absolute atomic E-state index is 0.0144. The van der Waals surface area contributed by atoms with Crippen LogP contribution >= 0.6 is 0 Å². The molecule has 0 radical (unpaired) electrons. The Morgan fingerprint density at radius 2 is 1.66 bits per heavy atom. The normalized spacial score (nSPS) is 12.8. The number of rotatable bonds is 8. The van der Waals surface area contributed by atoms with E-state index >= 15 is 0 Å². The van der Waals surface area contributed by atoms with Gasteiger partial charge in [0.1, 0.15) is 11.5 Å². The Hall–Kier alpha value is -4.99. The first kappa shape index (κ1) is 30.5. The van der Waals surface area contributed by atoms with E-state index < -0.39 is 52.6 Å². The van der Waals surface area contributed by atoms with Crippen LogP contribution in [0.15, 0.2) is 67.1 Å². The van der Waals surface area contributed by atoms with Gasteiger partial charge in [-0.2, -0.15) is 36.5 Å². The van der Waals surface area contributed by atoms with Crippen LogP contribution in [0.3, 0.4) is 0 Å². The lowest BCUT2D eigenvalue weighted by Crippen LogP contribution is -2.25. The summed E-state index contributed by atoms with van der Waals surface area (Å²) in [4.78, 5) is 25.8. The molecule has 1 unspecified atom stereocenters. The minimum atomic E-state index is -5.14. The number of esters is 1. The molecule has 3 aromatic rings. The SMILES string of the molecule is O=C(OCCCO)C(c1ccc(-c2ccc(C(F)(F)F)cc2C(F)(F)F)nn1)n1cnc2nc(-c3ccccc3F)nc-2c1. The van der Waals surface area contributed by atoms with Gasteiger partial charge in [-0.05, 0) is 36.4 Å². The van der Waals surface area contributed by atoms with Crippen LogP contribution in [0.25, 0.3) is 34.2 Å². The van der Waals surface area contributed by atoms with E-state index in [1.54, 1.807) is 6.07 Å². The lowest BCUT2D eigenvalue weighted by molar-refractivity contribution is -0.147. The molecule has 2 aromatic carbocycles. The molecular formula is C28H19F7N6O3. The molecular weight excluding hydrogens is 601 g/mol. The summed E-state index contributed by atoms with van der Waals surface area (Å²) in [5.74, 6) is -1.31. The van der Waals surface area contributed by atoms with E-state index in [2.05, 4.69) is 25.1 Å². The van der Waals surface area contributed by atoms with Crippen LogP contribution in [0.4, 0.5) is 30.7 Å². The van der Waals surface area contributed by atoms with Crippen molar-refractivity contribution in [3.05, 3.63) is 89.8 Å². The first-order valence-electron chi connectivity index (χ1n) is 12.7. The summed E-state index contributed by atoms with van der Waals surface area (Å²) in [5.41, 5.74) is -3.98. The molecule has 9 nitrogen and oxygen atoms in total. The number of aromatic nitrogens is 6. The second-order valence-electron chi connectivity index (χ2n) is 9.30. The van der Waals surface area contributed by atoms with Gasteiger partial charge in [0, 0.05) is 24.8 Å². The molecule has 2 aliphatic rings. The van der Waals surface area contributed by atoms with Crippen molar-refractivity contribution in [3.63, 3.8) is 0 Å². The molecule has 0 spiro atoms. The van der Waals surface area contributed by atoms with E-state index in [1.165, 1.54) is 35.3 Å². The van der Waals surface area contributed by atoms with Gasteiger partial charge < -0.3 is 14.4 Å². The highest BCUT2D eigenvalue weighted by atomic mass is 19.4. The minimum Gasteiger partial charge on any atom is -0.464 e. The van der Waals surface area contributed by atoms with Gasteiger partial charge >= 0.3 is 18.3 Å². The fraction of sp³-hybridized carbons (Fsp3) is 0.214. The zero-order valence-electron chi connectivity index (χ0n) is 22.1. The van der Waals surface area contributed by atoms with Crippen LogP contribution in [-0.4, -0.2) is 54.0 Å². The number of fused-ring (bicyclic) bond motifs is 1. The third kappa shape index (κ3) is 6.34. The average molecular weight is 620 g/mol. The summed E-state index contributed by atoms with van der Waals surface area (Å²) >= 11 is 0. The Kier molecular flexibility index (Phi) is 8.27. The summed E-state index contributed by atoms with van der Waals surface area (Å²) in [7, 11) is 0. The van der Waals surface area contributed by atoms with E-state index in [9.17, 15) is 35.5 Å². The molecule has 1 atom stereocenters. The highest BCUT2D eigenvalue weighted by Crippen LogP contribution is 2.40. The van der Waals surface area contributed by atoms with Gasteiger partial charge in [0.15, 0.2) is 17.7 Å². The topological polar surface area (TPSA) is 116 Å². The van der Waals surface area contributed by atoms with Crippen LogP contribution in [-0.2, 0) is 21.9 Å². The van der Waals surface area contributed by atoms with Crippen molar-refractivity contribution in [1.29, 1.82) is 0 Å². The molecule has 16 heteroatoms. The van der Waals surface area contributed by atoms with Crippen molar-refractivity contribution in [2.45, 2.75) is 24.8 Å². The standard InChI is InChI=1S/C28H19F7N6O3/c29-19-5-2-1-4-17(19)24-37-22-13-41(14-36-25(22)38-24)23(26(43)44-11-3-10-42)21-9-8-20(39-40-21)16-7-6-15(27(30,31)32)12-18(16)28(33,34)35/h1-2,4-9,12-14,23,42H,3,10-11H2. The number of aliphatic hydroxyl groups is 1. The molecule has 2 aliphatic heterocycles. The summed E-state index contributed by atoms with van der Waals surface area (Å²) in [6.45, 7) is -0.453. The second-order valence-corrected chi connectivity index (χ2v) is 9.30. The van der Waals surface area contributed by atoms with Crippen molar-refractivity contribution in [1.82, 2.24) is 29.7 Å². The van der Waals surface area contributed by atoms with Crippen molar-refractivity contribution >= 4 is 5.97 Å². The number of imidazole rings is 1. The quantitative estimate of drug-likeness (QED) is 0.136. The number of carbonyl (C=O) groups excluding carboxylic acids is 1. The van der Waals surface area contributed by atoms with Crippen molar-refractivity contribution in [2.24, 2.45) is 0 Å². The number of carbonyl (C=O) groups is 1. The Morgan fingerprint density at radius 3 is 2.32 bits per heavy atom. The maximum Gasteiger partial charge on any atom is 0.417 e. The number of ether oxygens (including phenoxy) is 1. The van der Waals surface area contributed by atoms with Crippen LogP contribution < -0.4 is 0 Å².